The Kier molecular flexibility index (Phi) is 4.54. The van der Waals surface area contributed by atoms with Crippen LogP contribution < -0.4 is 5.32 Å². The van der Waals surface area contributed by atoms with Crippen molar-refractivity contribution in [2.45, 2.75) is 12.8 Å². The number of carboxylic acid groups (broad SMARTS) is 1. The van der Waals surface area contributed by atoms with Crippen LogP contribution in [0.1, 0.15) is 23.2 Å². The molecule has 5 nitrogen and oxygen atoms in total. The van der Waals surface area contributed by atoms with Crippen LogP contribution in [0.3, 0.4) is 0 Å². The van der Waals surface area contributed by atoms with E-state index >= 15 is 0 Å². The van der Waals surface area contributed by atoms with Crippen LogP contribution in [-0.4, -0.2) is 35.8 Å². The van der Waals surface area contributed by atoms with E-state index in [1.54, 1.807) is 12.3 Å². The molecule has 6 heteroatoms. The summed E-state index contributed by atoms with van der Waals surface area (Å²) < 4.78 is 6.04. The van der Waals surface area contributed by atoms with Crippen molar-refractivity contribution in [3.8, 4) is 0 Å². The van der Waals surface area contributed by atoms with E-state index in [1.807, 2.05) is 0 Å². The first-order chi connectivity index (χ1) is 8.66. The Morgan fingerprint density at radius 1 is 1.67 bits per heavy atom. The molecule has 1 aliphatic rings. The van der Waals surface area contributed by atoms with E-state index in [-0.39, 0.29) is 5.56 Å². The van der Waals surface area contributed by atoms with Crippen LogP contribution in [0.25, 0.3) is 0 Å². The third-order valence-corrected chi connectivity index (χ3v) is 3.33. The number of ether oxygens (including phenoxy) is 1. The molecule has 2 rings (SSSR count). The van der Waals surface area contributed by atoms with E-state index in [2.05, 4.69) is 26.2 Å². The van der Waals surface area contributed by atoms with Gasteiger partial charge in [-0.1, -0.05) is 0 Å². The predicted molar refractivity (Wildman–Crippen MR) is 70.9 cm³/mol. The van der Waals surface area contributed by atoms with Gasteiger partial charge in [0.2, 0.25) is 0 Å². The van der Waals surface area contributed by atoms with Gasteiger partial charge in [0.25, 0.3) is 0 Å². The summed E-state index contributed by atoms with van der Waals surface area (Å²) in [5.41, 5.74) is 0.182. The molecule has 1 aromatic heterocycles. The van der Waals surface area contributed by atoms with Crippen molar-refractivity contribution in [2.75, 3.05) is 25.1 Å². The number of anilines is 1. The number of nitrogens with zero attached hydrogens (tertiary/aromatic N) is 1. The van der Waals surface area contributed by atoms with Gasteiger partial charge in [0.05, 0.1) is 6.61 Å². The van der Waals surface area contributed by atoms with Gasteiger partial charge in [-0.25, -0.2) is 9.78 Å². The van der Waals surface area contributed by atoms with Gasteiger partial charge in [-0.2, -0.15) is 0 Å². The Hall–Kier alpha value is -1.14. The highest BCUT2D eigenvalue weighted by Gasteiger charge is 2.16. The zero-order chi connectivity index (χ0) is 13.0. The first-order valence-electron chi connectivity index (χ1n) is 5.87. The van der Waals surface area contributed by atoms with Gasteiger partial charge in [-0.3, -0.25) is 0 Å². The average Bonchev–Trinajstić information content (AvgIpc) is 2.38. The van der Waals surface area contributed by atoms with E-state index in [1.165, 1.54) is 0 Å². The summed E-state index contributed by atoms with van der Waals surface area (Å²) in [5.74, 6) is -0.145. The number of pyridine rings is 1. The lowest BCUT2D eigenvalue weighted by molar-refractivity contribution is 0.0594. The maximum atomic E-state index is 11.1. The van der Waals surface area contributed by atoms with Crippen molar-refractivity contribution in [1.29, 1.82) is 0 Å². The monoisotopic (exact) mass is 314 g/mol. The highest BCUT2D eigenvalue weighted by molar-refractivity contribution is 9.10. The highest BCUT2D eigenvalue weighted by Crippen LogP contribution is 2.20. The number of aromatic carboxylic acids is 1. The molecular weight excluding hydrogens is 300 g/mol. The summed E-state index contributed by atoms with van der Waals surface area (Å²) in [6, 6.07) is 1.55. The van der Waals surface area contributed by atoms with Crippen LogP contribution in [0.5, 0.6) is 0 Å². The number of nitrogens with one attached hydrogen (secondary N) is 1. The molecule has 1 aromatic rings. The van der Waals surface area contributed by atoms with Crippen LogP contribution in [0, 0.1) is 5.92 Å². The second-order valence-electron chi connectivity index (χ2n) is 4.32. The van der Waals surface area contributed by atoms with E-state index in [4.69, 9.17) is 9.84 Å². The number of carboxylic acids is 1. The van der Waals surface area contributed by atoms with Crippen LogP contribution in [0.2, 0.25) is 0 Å². The number of halogens is 1. The summed E-state index contributed by atoms with van der Waals surface area (Å²) >= 11 is 3.22. The summed E-state index contributed by atoms with van der Waals surface area (Å²) in [6.07, 6.45) is 3.75. The maximum absolute atomic E-state index is 11.1. The van der Waals surface area contributed by atoms with E-state index in [0.29, 0.717) is 22.8 Å². The van der Waals surface area contributed by atoms with E-state index < -0.39 is 5.97 Å². The predicted octanol–water partition coefficient (Wildman–Crippen LogP) is 2.38. The fourth-order valence-electron chi connectivity index (χ4n) is 1.95. The second-order valence-corrected chi connectivity index (χ2v) is 5.23. The smallest absolute Gasteiger partial charge is 0.339 e. The molecule has 1 aliphatic heterocycles. The molecule has 0 spiro atoms. The molecular formula is C12H15BrN2O3. The quantitative estimate of drug-likeness (QED) is 0.892. The van der Waals surface area contributed by atoms with Crippen LogP contribution >= 0.6 is 15.9 Å². The summed E-state index contributed by atoms with van der Waals surface area (Å²) in [6.45, 7) is 2.24. The third-order valence-electron chi connectivity index (χ3n) is 2.90. The molecule has 1 fully saturated rings. The standard InChI is InChI=1S/C12H15BrN2O3/c13-9-4-10(12(16)17)11(15-6-9)14-5-8-2-1-3-18-7-8/h4,6,8H,1-3,5,7H2,(H,14,15)(H,16,17). The van der Waals surface area contributed by atoms with Crippen molar-refractivity contribution in [3.05, 3.63) is 22.3 Å². The Morgan fingerprint density at radius 2 is 2.50 bits per heavy atom. The summed E-state index contributed by atoms with van der Waals surface area (Å²) in [5, 5.41) is 12.2. The molecule has 0 aromatic carbocycles. The van der Waals surface area contributed by atoms with Gasteiger partial charge in [-0.15, -0.1) is 0 Å². The average molecular weight is 315 g/mol. The Labute approximate surface area is 114 Å². The molecule has 1 atom stereocenters. The molecule has 98 valence electrons. The molecule has 0 saturated carbocycles. The van der Waals surface area contributed by atoms with Crippen LogP contribution in [0.4, 0.5) is 5.82 Å². The fraction of sp³-hybridized carbons (Fsp3) is 0.500. The zero-order valence-electron chi connectivity index (χ0n) is 9.86. The first-order valence-corrected chi connectivity index (χ1v) is 6.66. The zero-order valence-corrected chi connectivity index (χ0v) is 11.4. The number of rotatable bonds is 4. The minimum absolute atomic E-state index is 0.182. The highest BCUT2D eigenvalue weighted by atomic mass is 79.9. The molecule has 0 radical (unpaired) electrons. The SMILES string of the molecule is O=C(O)c1cc(Br)cnc1NCC1CCCOC1. The number of carbonyl (C=O) groups is 1. The molecule has 1 unspecified atom stereocenters. The molecule has 1 saturated heterocycles. The molecule has 2 heterocycles. The third kappa shape index (κ3) is 3.43. The van der Waals surface area contributed by atoms with Crippen molar-refractivity contribution < 1.29 is 14.6 Å². The first kappa shape index (κ1) is 13.3. The fourth-order valence-corrected chi connectivity index (χ4v) is 2.28. The van der Waals surface area contributed by atoms with Gasteiger partial charge in [0, 0.05) is 23.8 Å². The lowest BCUT2D eigenvalue weighted by atomic mass is 10.0. The molecule has 2 N–H and O–H groups in total. The Bertz CT molecular complexity index is 433. The minimum Gasteiger partial charge on any atom is -0.478 e. The Morgan fingerprint density at radius 3 is 3.17 bits per heavy atom. The summed E-state index contributed by atoms with van der Waals surface area (Å²) in [4.78, 5) is 15.2. The Balaban J connectivity index is 2.01. The van der Waals surface area contributed by atoms with Crippen LogP contribution in [0.15, 0.2) is 16.7 Å². The van der Waals surface area contributed by atoms with Crippen LogP contribution in [-0.2, 0) is 4.74 Å². The number of aromatic nitrogens is 1. The van der Waals surface area contributed by atoms with Crippen molar-refractivity contribution >= 4 is 27.7 Å². The van der Waals surface area contributed by atoms with Gasteiger partial charge in [-0.05, 0) is 40.8 Å². The largest absolute Gasteiger partial charge is 0.478 e. The van der Waals surface area contributed by atoms with Crippen molar-refractivity contribution in [2.24, 2.45) is 5.92 Å². The van der Waals surface area contributed by atoms with Gasteiger partial charge < -0.3 is 15.2 Å². The van der Waals surface area contributed by atoms with E-state index in [0.717, 1.165) is 26.1 Å². The minimum atomic E-state index is -0.980. The van der Waals surface area contributed by atoms with E-state index in [9.17, 15) is 4.79 Å². The molecule has 0 aliphatic carbocycles. The van der Waals surface area contributed by atoms with Gasteiger partial charge in [0.1, 0.15) is 11.4 Å². The topological polar surface area (TPSA) is 71.5 Å². The molecule has 0 amide bonds. The van der Waals surface area contributed by atoms with Gasteiger partial charge in [0.15, 0.2) is 0 Å². The maximum Gasteiger partial charge on any atom is 0.339 e. The summed E-state index contributed by atoms with van der Waals surface area (Å²) in [7, 11) is 0. The molecule has 18 heavy (non-hydrogen) atoms. The second kappa shape index (κ2) is 6.15. The van der Waals surface area contributed by atoms with Crippen molar-refractivity contribution in [3.63, 3.8) is 0 Å². The lowest BCUT2D eigenvalue weighted by Crippen LogP contribution is -2.25. The number of hydrogen-bond donors (Lipinski definition) is 2. The molecule has 0 bridgehead atoms. The number of hydrogen-bond acceptors (Lipinski definition) is 4. The normalized spacial score (nSPS) is 19.5. The lowest BCUT2D eigenvalue weighted by Gasteiger charge is -2.22. The van der Waals surface area contributed by atoms with Gasteiger partial charge >= 0.3 is 5.97 Å². The van der Waals surface area contributed by atoms with Crippen molar-refractivity contribution in [1.82, 2.24) is 4.98 Å².